The van der Waals surface area contributed by atoms with Gasteiger partial charge in [0.15, 0.2) is 5.16 Å². The second-order valence-electron chi connectivity index (χ2n) is 4.36. The molecule has 0 fully saturated rings. The molecule has 1 aromatic heterocycles. The summed E-state index contributed by atoms with van der Waals surface area (Å²) < 4.78 is 2.61. The number of nitrogens with one attached hydrogen (secondary N) is 2. The van der Waals surface area contributed by atoms with E-state index in [9.17, 15) is 4.79 Å². The van der Waals surface area contributed by atoms with Crippen LogP contribution in [0, 0.1) is 0 Å². The lowest BCUT2D eigenvalue weighted by Crippen LogP contribution is -2.16. The highest BCUT2D eigenvalue weighted by Gasteiger charge is 2.12. The molecule has 0 radical (unpaired) electrons. The Morgan fingerprint density at radius 2 is 2.30 bits per heavy atom. The van der Waals surface area contributed by atoms with E-state index in [1.165, 1.54) is 17.3 Å². The van der Waals surface area contributed by atoms with Gasteiger partial charge in [0.1, 0.15) is 0 Å². The fraction of sp³-hybridized carbons (Fsp3) is 0.385. The predicted octanol–water partition coefficient (Wildman–Crippen LogP) is 2.79. The van der Waals surface area contributed by atoms with Crippen LogP contribution in [0.25, 0.3) is 0 Å². The maximum Gasteiger partial charge on any atom is 0.343 e. The third-order valence-corrected chi connectivity index (χ3v) is 5.12. The van der Waals surface area contributed by atoms with Crippen molar-refractivity contribution in [2.45, 2.75) is 36.5 Å². The van der Waals surface area contributed by atoms with Crippen molar-refractivity contribution in [2.75, 3.05) is 7.05 Å². The van der Waals surface area contributed by atoms with Crippen LogP contribution in [0.15, 0.2) is 37.5 Å². The topological polar surface area (TPSA) is 62.7 Å². The fourth-order valence-corrected chi connectivity index (χ4v) is 3.34. The van der Waals surface area contributed by atoms with Gasteiger partial charge in [0.2, 0.25) is 0 Å². The van der Waals surface area contributed by atoms with Crippen molar-refractivity contribution >= 4 is 27.7 Å². The molecular formula is C13H17BrN4OS. The van der Waals surface area contributed by atoms with Crippen molar-refractivity contribution in [1.29, 1.82) is 0 Å². The maximum atomic E-state index is 11.5. The normalized spacial score (nSPS) is 12.6. The zero-order valence-electron chi connectivity index (χ0n) is 11.6. The van der Waals surface area contributed by atoms with Gasteiger partial charge in [0.25, 0.3) is 0 Å². The smallest absolute Gasteiger partial charge is 0.313 e. The SMILES string of the molecule is CCn1c(Sc2ccc(C(C)NC)cc2Br)n[nH]c1=O. The highest BCUT2D eigenvalue weighted by atomic mass is 79.9. The number of nitrogens with zero attached hydrogens (tertiary/aromatic N) is 2. The second-order valence-corrected chi connectivity index (χ2v) is 6.22. The summed E-state index contributed by atoms with van der Waals surface area (Å²) in [5.41, 5.74) is 1.03. The summed E-state index contributed by atoms with van der Waals surface area (Å²) in [5, 5.41) is 10.4. The number of halogens is 1. The van der Waals surface area contributed by atoms with Gasteiger partial charge in [0.05, 0.1) is 0 Å². The Kier molecular flexibility index (Phi) is 5.06. The average Bonchev–Trinajstić information content (AvgIpc) is 2.80. The van der Waals surface area contributed by atoms with Crippen LogP contribution >= 0.6 is 27.7 Å². The molecule has 0 aliphatic heterocycles. The number of benzene rings is 1. The summed E-state index contributed by atoms with van der Waals surface area (Å²) in [6, 6.07) is 6.50. The molecule has 2 aromatic rings. The first-order valence-electron chi connectivity index (χ1n) is 6.36. The number of aromatic nitrogens is 3. The summed E-state index contributed by atoms with van der Waals surface area (Å²) in [5.74, 6) is 0. The van der Waals surface area contributed by atoms with Gasteiger partial charge in [-0.05, 0) is 66.3 Å². The van der Waals surface area contributed by atoms with Crippen LogP contribution in [0.1, 0.15) is 25.5 Å². The molecule has 2 N–H and O–H groups in total. The Balaban J connectivity index is 2.28. The van der Waals surface area contributed by atoms with Crippen molar-refractivity contribution in [2.24, 2.45) is 0 Å². The highest BCUT2D eigenvalue weighted by Crippen LogP contribution is 2.33. The van der Waals surface area contributed by atoms with Crippen molar-refractivity contribution in [3.63, 3.8) is 0 Å². The lowest BCUT2D eigenvalue weighted by molar-refractivity contribution is 0.651. The third-order valence-electron chi connectivity index (χ3n) is 3.13. The molecule has 0 aliphatic rings. The Bertz CT molecular complexity index is 652. The van der Waals surface area contributed by atoms with Crippen molar-refractivity contribution in [3.05, 3.63) is 38.7 Å². The van der Waals surface area contributed by atoms with Gasteiger partial charge < -0.3 is 5.32 Å². The molecule has 0 bridgehead atoms. The maximum absolute atomic E-state index is 11.5. The molecule has 1 unspecified atom stereocenters. The van der Waals surface area contributed by atoms with Crippen molar-refractivity contribution < 1.29 is 0 Å². The summed E-state index contributed by atoms with van der Waals surface area (Å²) in [4.78, 5) is 12.6. The molecule has 7 heteroatoms. The van der Waals surface area contributed by atoms with Crippen LogP contribution in [0.3, 0.4) is 0 Å². The summed E-state index contributed by atoms with van der Waals surface area (Å²) in [7, 11) is 1.94. The first kappa shape index (κ1) is 15.3. The van der Waals surface area contributed by atoms with Gasteiger partial charge in [-0.3, -0.25) is 4.57 Å². The quantitative estimate of drug-likeness (QED) is 0.864. The lowest BCUT2D eigenvalue weighted by atomic mass is 10.1. The van der Waals surface area contributed by atoms with E-state index in [4.69, 9.17) is 0 Å². The summed E-state index contributed by atoms with van der Waals surface area (Å²) >= 11 is 5.05. The largest absolute Gasteiger partial charge is 0.343 e. The molecule has 1 atom stereocenters. The first-order chi connectivity index (χ1) is 9.56. The lowest BCUT2D eigenvalue weighted by Gasteiger charge is -2.12. The minimum Gasteiger partial charge on any atom is -0.313 e. The number of aromatic amines is 1. The van der Waals surface area contributed by atoms with E-state index in [1.54, 1.807) is 4.57 Å². The first-order valence-corrected chi connectivity index (χ1v) is 7.97. The Hall–Kier alpha value is -1.05. The summed E-state index contributed by atoms with van der Waals surface area (Å²) in [6.07, 6.45) is 0. The minimum absolute atomic E-state index is 0.174. The molecule has 0 saturated carbocycles. The molecule has 0 spiro atoms. The van der Waals surface area contributed by atoms with E-state index in [2.05, 4.69) is 50.5 Å². The highest BCUT2D eigenvalue weighted by molar-refractivity contribution is 9.10. The molecule has 1 aromatic carbocycles. The number of hydrogen-bond donors (Lipinski definition) is 2. The molecule has 20 heavy (non-hydrogen) atoms. The molecule has 0 saturated heterocycles. The molecule has 0 amide bonds. The van der Waals surface area contributed by atoms with Gasteiger partial charge in [0, 0.05) is 22.0 Å². The molecule has 1 heterocycles. The number of hydrogen-bond acceptors (Lipinski definition) is 4. The predicted molar refractivity (Wildman–Crippen MR) is 84.3 cm³/mol. The molecular weight excluding hydrogens is 340 g/mol. The van der Waals surface area contributed by atoms with Crippen LogP contribution < -0.4 is 11.0 Å². The zero-order chi connectivity index (χ0) is 14.7. The standard InChI is InChI=1S/C13H17BrN4OS/c1-4-18-12(19)16-17-13(18)20-11-6-5-9(7-10(11)14)8(2)15-3/h5-8,15H,4H2,1-3H3,(H,16,19). The molecule has 0 aliphatic carbocycles. The monoisotopic (exact) mass is 356 g/mol. The van der Waals surface area contributed by atoms with E-state index >= 15 is 0 Å². The van der Waals surface area contributed by atoms with Crippen LogP contribution in [0.5, 0.6) is 0 Å². The fourth-order valence-electron chi connectivity index (χ4n) is 1.79. The summed E-state index contributed by atoms with van der Waals surface area (Å²) in [6.45, 7) is 4.63. The zero-order valence-corrected chi connectivity index (χ0v) is 14.0. The van der Waals surface area contributed by atoms with Gasteiger partial charge in [-0.1, -0.05) is 6.07 Å². The van der Waals surface area contributed by atoms with Gasteiger partial charge in [-0.15, -0.1) is 5.10 Å². The van der Waals surface area contributed by atoms with E-state index in [0.717, 1.165) is 9.37 Å². The van der Waals surface area contributed by atoms with E-state index in [-0.39, 0.29) is 5.69 Å². The van der Waals surface area contributed by atoms with Crippen LogP contribution in [0.4, 0.5) is 0 Å². The second kappa shape index (κ2) is 6.60. The van der Waals surface area contributed by atoms with Crippen LogP contribution in [0.2, 0.25) is 0 Å². The Morgan fingerprint density at radius 1 is 1.55 bits per heavy atom. The van der Waals surface area contributed by atoms with Gasteiger partial charge >= 0.3 is 5.69 Å². The minimum atomic E-state index is -0.174. The average molecular weight is 357 g/mol. The van der Waals surface area contributed by atoms with E-state index in [0.29, 0.717) is 17.7 Å². The van der Waals surface area contributed by atoms with Crippen LogP contribution in [-0.4, -0.2) is 21.8 Å². The van der Waals surface area contributed by atoms with E-state index in [1.807, 2.05) is 20.0 Å². The Morgan fingerprint density at radius 3 is 2.90 bits per heavy atom. The van der Waals surface area contributed by atoms with Crippen molar-refractivity contribution in [3.8, 4) is 0 Å². The molecule has 5 nitrogen and oxygen atoms in total. The van der Waals surface area contributed by atoms with Crippen LogP contribution in [-0.2, 0) is 6.54 Å². The molecule has 2 rings (SSSR count). The van der Waals surface area contributed by atoms with Gasteiger partial charge in [-0.25, -0.2) is 9.89 Å². The third kappa shape index (κ3) is 3.16. The molecule has 108 valence electrons. The van der Waals surface area contributed by atoms with Gasteiger partial charge in [-0.2, -0.15) is 0 Å². The Labute approximate surface area is 130 Å². The number of rotatable bonds is 5. The number of H-pyrrole nitrogens is 1. The van der Waals surface area contributed by atoms with E-state index < -0.39 is 0 Å². The van der Waals surface area contributed by atoms with Crippen molar-refractivity contribution in [1.82, 2.24) is 20.1 Å².